The normalized spacial score (nSPS) is 12.7. The summed E-state index contributed by atoms with van der Waals surface area (Å²) in [6.07, 6.45) is 1.15. The predicted octanol–water partition coefficient (Wildman–Crippen LogP) is 4.85. The van der Waals surface area contributed by atoms with Gasteiger partial charge < -0.3 is 10.1 Å². The summed E-state index contributed by atoms with van der Waals surface area (Å²) in [7, 11) is 0. The number of hydrogen-bond donors (Lipinski definition) is 1. The molecular weight excluding hydrogens is 330 g/mol. The van der Waals surface area contributed by atoms with Crippen LogP contribution in [0.15, 0.2) is 35.3 Å². The van der Waals surface area contributed by atoms with E-state index in [2.05, 4.69) is 27.8 Å². The molecule has 1 amide bonds. The van der Waals surface area contributed by atoms with Gasteiger partial charge in [0, 0.05) is 9.50 Å². The molecule has 104 valence electrons. The van der Waals surface area contributed by atoms with Crippen LogP contribution in [0.5, 0.6) is 0 Å². The number of halogens is 2. The lowest BCUT2D eigenvalue weighted by atomic mass is 10.1. The van der Waals surface area contributed by atoms with Gasteiger partial charge in [0.05, 0.1) is 6.04 Å². The number of alkyl carbamates (subject to hydrolysis) is 1. The van der Waals surface area contributed by atoms with Crippen molar-refractivity contribution in [1.82, 2.24) is 5.32 Å². The smallest absolute Gasteiger partial charge is 0.408 e. The molecule has 1 aromatic rings. The molecule has 0 aliphatic carbocycles. The van der Waals surface area contributed by atoms with E-state index in [1.807, 2.05) is 26.8 Å². The largest absolute Gasteiger partial charge is 0.444 e. The highest BCUT2D eigenvalue weighted by Crippen LogP contribution is 2.27. The molecule has 0 radical (unpaired) electrons. The van der Waals surface area contributed by atoms with Gasteiger partial charge in [-0.1, -0.05) is 39.7 Å². The predicted molar refractivity (Wildman–Crippen MR) is 81.5 cm³/mol. The van der Waals surface area contributed by atoms with Crippen molar-refractivity contribution in [2.24, 2.45) is 0 Å². The van der Waals surface area contributed by atoms with Crippen LogP contribution in [0.3, 0.4) is 0 Å². The van der Waals surface area contributed by atoms with E-state index >= 15 is 0 Å². The molecular formula is C14H17BrClNO2. The van der Waals surface area contributed by atoms with Crippen molar-refractivity contribution in [2.75, 3.05) is 0 Å². The van der Waals surface area contributed by atoms with Crippen LogP contribution >= 0.6 is 27.5 Å². The molecule has 0 aliphatic rings. The number of rotatable bonds is 3. The Morgan fingerprint density at radius 1 is 1.53 bits per heavy atom. The molecule has 0 aliphatic heterocycles. The van der Waals surface area contributed by atoms with E-state index in [1.54, 1.807) is 18.2 Å². The molecule has 19 heavy (non-hydrogen) atoms. The molecule has 1 N–H and O–H groups in total. The standard InChI is InChI=1S/C14H17BrClNO2/c1-5-12(17-13(18)19-14(2,3)4)10-7-6-9(16)8-11(10)15/h5-8,12H,1H2,2-4H3,(H,17,18)/t12-/m0/s1. The lowest BCUT2D eigenvalue weighted by molar-refractivity contribution is 0.0514. The van der Waals surface area contributed by atoms with Crippen molar-refractivity contribution in [2.45, 2.75) is 32.4 Å². The topological polar surface area (TPSA) is 38.3 Å². The second-order valence-corrected chi connectivity index (χ2v) is 6.32. The zero-order valence-corrected chi connectivity index (χ0v) is 13.5. The highest BCUT2D eigenvalue weighted by molar-refractivity contribution is 9.10. The third kappa shape index (κ3) is 5.25. The van der Waals surface area contributed by atoms with Gasteiger partial charge in [-0.15, -0.1) is 6.58 Å². The number of benzene rings is 1. The fourth-order valence-corrected chi connectivity index (χ4v) is 2.38. The monoisotopic (exact) mass is 345 g/mol. The zero-order valence-electron chi connectivity index (χ0n) is 11.2. The van der Waals surface area contributed by atoms with Crippen molar-refractivity contribution in [3.8, 4) is 0 Å². The van der Waals surface area contributed by atoms with Crippen LogP contribution in [0.4, 0.5) is 4.79 Å². The van der Waals surface area contributed by atoms with E-state index in [-0.39, 0.29) is 6.04 Å². The number of amides is 1. The summed E-state index contributed by atoms with van der Waals surface area (Å²) >= 11 is 9.31. The average Bonchev–Trinajstić information content (AvgIpc) is 2.24. The molecule has 0 saturated heterocycles. The fourth-order valence-electron chi connectivity index (χ4n) is 1.45. The lowest BCUT2D eigenvalue weighted by Crippen LogP contribution is -2.34. The average molecular weight is 347 g/mol. The molecule has 1 rings (SSSR count). The van der Waals surface area contributed by atoms with E-state index in [4.69, 9.17) is 16.3 Å². The zero-order chi connectivity index (χ0) is 14.6. The van der Waals surface area contributed by atoms with Gasteiger partial charge in [0.1, 0.15) is 5.60 Å². The second kappa shape index (κ2) is 6.44. The maximum atomic E-state index is 11.8. The number of carbonyl (C=O) groups is 1. The number of hydrogen-bond acceptors (Lipinski definition) is 2. The summed E-state index contributed by atoms with van der Waals surface area (Å²) in [4.78, 5) is 11.8. The molecule has 1 aromatic carbocycles. The Balaban J connectivity index is 2.84. The van der Waals surface area contributed by atoms with Gasteiger partial charge in [-0.2, -0.15) is 0 Å². The molecule has 0 aromatic heterocycles. The molecule has 0 unspecified atom stereocenters. The van der Waals surface area contributed by atoms with E-state index in [9.17, 15) is 4.79 Å². The molecule has 0 heterocycles. The second-order valence-electron chi connectivity index (χ2n) is 5.03. The number of ether oxygens (including phenoxy) is 1. The van der Waals surface area contributed by atoms with E-state index in [0.717, 1.165) is 10.0 Å². The van der Waals surface area contributed by atoms with Crippen LogP contribution in [-0.2, 0) is 4.74 Å². The highest BCUT2D eigenvalue weighted by Gasteiger charge is 2.20. The van der Waals surface area contributed by atoms with Gasteiger partial charge in [-0.25, -0.2) is 4.79 Å². The summed E-state index contributed by atoms with van der Waals surface area (Å²) in [5.41, 5.74) is 0.331. The van der Waals surface area contributed by atoms with Gasteiger partial charge in [0.25, 0.3) is 0 Å². The van der Waals surface area contributed by atoms with Crippen molar-refractivity contribution in [1.29, 1.82) is 0 Å². The van der Waals surface area contributed by atoms with Crippen LogP contribution in [0.1, 0.15) is 32.4 Å². The summed E-state index contributed by atoms with van der Waals surface area (Å²) in [5.74, 6) is 0. The molecule has 0 bridgehead atoms. The van der Waals surface area contributed by atoms with Crippen LogP contribution in [-0.4, -0.2) is 11.7 Å². The molecule has 0 spiro atoms. The minimum Gasteiger partial charge on any atom is -0.444 e. The minimum atomic E-state index is -0.535. The first kappa shape index (κ1) is 16.1. The Morgan fingerprint density at radius 3 is 2.63 bits per heavy atom. The van der Waals surface area contributed by atoms with Gasteiger partial charge in [-0.3, -0.25) is 0 Å². The maximum Gasteiger partial charge on any atom is 0.408 e. The quantitative estimate of drug-likeness (QED) is 0.794. The van der Waals surface area contributed by atoms with Crippen LogP contribution < -0.4 is 5.32 Å². The van der Waals surface area contributed by atoms with Crippen molar-refractivity contribution >= 4 is 33.6 Å². The van der Waals surface area contributed by atoms with Crippen molar-refractivity contribution < 1.29 is 9.53 Å². The molecule has 3 nitrogen and oxygen atoms in total. The van der Waals surface area contributed by atoms with E-state index in [1.165, 1.54) is 0 Å². The Hall–Kier alpha value is -1.000. The summed E-state index contributed by atoms with van der Waals surface area (Å²) < 4.78 is 6.02. The van der Waals surface area contributed by atoms with Crippen molar-refractivity contribution in [3.05, 3.63) is 45.9 Å². The SMILES string of the molecule is C=C[C@H](NC(=O)OC(C)(C)C)c1ccc(Cl)cc1Br. The van der Waals surface area contributed by atoms with Crippen molar-refractivity contribution in [3.63, 3.8) is 0 Å². The summed E-state index contributed by atoms with van der Waals surface area (Å²) in [5, 5.41) is 3.37. The molecule has 0 fully saturated rings. The van der Waals surface area contributed by atoms with Gasteiger partial charge in [0.2, 0.25) is 0 Å². The Bertz CT molecular complexity index is 483. The Morgan fingerprint density at radius 2 is 2.16 bits per heavy atom. The Labute approximate surface area is 127 Å². The third-order valence-corrected chi connectivity index (χ3v) is 3.13. The van der Waals surface area contributed by atoms with Gasteiger partial charge in [-0.05, 0) is 38.5 Å². The molecule has 5 heteroatoms. The first-order chi connectivity index (χ1) is 8.73. The van der Waals surface area contributed by atoms with E-state index in [0.29, 0.717) is 5.02 Å². The number of carbonyl (C=O) groups excluding carboxylic acids is 1. The first-order valence-corrected chi connectivity index (χ1v) is 6.97. The lowest BCUT2D eigenvalue weighted by Gasteiger charge is -2.23. The van der Waals surface area contributed by atoms with E-state index < -0.39 is 11.7 Å². The minimum absolute atomic E-state index is 0.346. The maximum absolute atomic E-state index is 11.8. The Kier molecular flexibility index (Phi) is 5.44. The van der Waals surface area contributed by atoms with Gasteiger partial charge >= 0.3 is 6.09 Å². The van der Waals surface area contributed by atoms with Crippen LogP contribution in [0.25, 0.3) is 0 Å². The van der Waals surface area contributed by atoms with Crippen LogP contribution in [0.2, 0.25) is 5.02 Å². The third-order valence-electron chi connectivity index (χ3n) is 2.21. The number of nitrogens with one attached hydrogen (secondary N) is 1. The van der Waals surface area contributed by atoms with Gasteiger partial charge in [0.15, 0.2) is 0 Å². The first-order valence-electron chi connectivity index (χ1n) is 5.80. The highest BCUT2D eigenvalue weighted by atomic mass is 79.9. The summed E-state index contributed by atoms with van der Waals surface area (Å²) in [6, 6.07) is 5.01. The van der Waals surface area contributed by atoms with Crippen LogP contribution in [0, 0.1) is 0 Å². The summed E-state index contributed by atoms with van der Waals surface area (Å²) in [6.45, 7) is 9.17. The molecule has 0 saturated carbocycles. The molecule has 1 atom stereocenters. The fraction of sp³-hybridized carbons (Fsp3) is 0.357.